The van der Waals surface area contributed by atoms with Gasteiger partial charge in [-0.25, -0.2) is 4.68 Å². The van der Waals surface area contributed by atoms with E-state index in [1.807, 2.05) is 6.92 Å². The largest absolute Gasteiger partial charge is 0.467 e. The van der Waals surface area contributed by atoms with Gasteiger partial charge in [-0.05, 0) is 6.92 Å². The summed E-state index contributed by atoms with van der Waals surface area (Å²) in [5, 5.41) is 6.91. The minimum Gasteiger partial charge on any atom is -0.467 e. The van der Waals surface area contributed by atoms with Crippen LogP contribution in [0.15, 0.2) is 12.4 Å². The molecule has 0 saturated heterocycles. The Labute approximate surface area is 108 Å². The van der Waals surface area contributed by atoms with Crippen LogP contribution in [0.5, 0.6) is 6.01 Å². The van der Waals surface area contributed by atoms with Crippen LogP contribution in [-0.4, -0.2) is 44.3 Å². The van der Waals surface area contributed by atoms with Crippen molar-refractivity contribution in [1.29, 1.82) is 0 Å². The Bertz CT molecular complexity index is 595. The average molecular weight is 263 g/mol. The maximum absolute atomic E-state index is 11.0. The van der Waals surface area contributed by atoms with Gasteiger partial charge in [0.15, 0.2) is 0 Å². The maximum atomic E-state index is 11.0. The van der Waals surface area contributed by atoms with Gasteiger partial charge in [-0.1, -0.05) is 0 Å². The third-order valence-corrected chi connectivity index (χ3v) is 2.19. The first-order valence-corrected chi connectivity index (χ1v) is 5.52. The van der Waals surface area contributed by atoms with E-state index >= 15 is 0 Å². The monoisotopic (exact) mass is 263 g/mol. The van der Waals surface area contributed by atoms with Gasteiger partial charge in [-0.15, -0.1) is 0 Å². The number of amides is 1. The molecule has 0 aliphatic heterocycles. The topological polar surface area (TPSA) is 121 Å². The number of nitrogens with zero attached hydrogens (tertiary/aromatic N) is 5. The summed E-state index contributed by atoms with van der Waals surface area (Å²) < 4.78 is 6.31. The van der Waals surface area contributed by atoms with Crippen LogP contribution in [0.3, 0.4) is 0 Å². The van der Waals surface area contributed by atoms with Gasteiger partial charge >= 0.3 is 6.01 Å². The number of rotatable bonds is 5. The van der Waals surface area contributed by atoms with Gasteiger partial charge in [-0.2, -0.15) is 20.1 Å². The summed E-state index contributed by atoms with van der Waals surface area (Å²) in [7, 11) is 1.45. The van der Waals surface area contributed by atoms with E-state index in [2.05, 4.69) is 25.4 Å². The van der Waals surface area contributed by atoms with Gasteiger partial charge in [0, 0.05) is 12.7 Å². The highest BCUT2D eigenvalue weighted by atomic mass is 16.5. The van der Waals surface area contributed by atoms with Gasteiger partial charge in [0.2, 0.25) is 5.95 Å². The van der Waals surface area contributed by atoms with E-state index in [9.17, 15) is 4.79 Å². The Kier molecular flexibility index (Phi) is 3.55. The lowest BCUT2D eigenvalue weighted by Crippen LogP contribution is -2.11. The van der Waals surface area contributed by atoms with Crippen LogP contribution in [0, 0.1) is 0 Å². The third kappa shape index (κ3) is 2.76. The number of nitrogens with two attached hydrogens (primary N) is 1. The van der Waals surface area contributed by atoms with E-state index in [0.717, 1.165) is 0 Å². The Morgan fingerprint density at radius 2 is 2.26 bits per heavy atom. The first-order valence-electron chi connectivity index (χ1n) is 5.52. The lowest BCUT2D eigenvalue weighted by Gasteiger charge is -2.06. The second-order valence-electron chi connectivity index (χ2n) is 3.51. The second-order valence-corrected chi connectivity index (χ2v) is 3.51. The molecule has 0 bridgehead atoms. The van der Waals surface area contributed by atoms with Crippen LogP contribution in [-0.2, 0) is 0 Å². The van der Waals surface area contributed by atoms with Crippen LogP contribution in [0.1, 0.15) is 17.3 Å². The van der Waals surface area contributed by atoms with Crippen LogP contribution in [0.4, 0.5) is 5.95 Å². The molecule has 0 unspecified atom stereocenters. The highest BCUT2D eigenvalue weighted by Gasteiger charge is 2.11. The highest BCUT2D eigenvalue weighted by molar-refractivity contribution is 5.92. The molecule has 2 rings (SSSR count). The highest BCUT2D eigenvalue weighted by Crippen LogP contribution is 2.10. The minimum absolute atomic E-state index is 0.150. The first-order chi connectivity index (χ1) is 9.13. The van der Waals surface area contributed by atoms with Crippen molar-refractivity contribution < 1.29 is 9.53 Å². The average Bonchev–Trinajstić information content (AvgIpc) is 2.88. The van der Waals surface area contributed by atoms with E-state index < -0.39 is 5.91 Å². The molecule has 2 heterocycles. The molecule has 0 aromatic carbocycles. The molecular formula is C10H13N7O2. The molecule has 0 spiro atoms. The predicted molar refractivity (Wildman–Crippen MR) is 66.2 cm³/mol. The van der Waals surface area contributed by atoms with Crippen molar-refractivity contribution in [2.45, 2.75) is 6.92 Å². The SMILES string of the molecule is CCNc1nc(OC)nc(-n2cc(C(N)=O)cn2)n1. The summed E-state index contributed by atoms with van der Waals surface area (Å²) in [6.45, 7) is 2.56. The fourth-order valence-corrected chi connectivity index (χ4v) is 1.34. The molecule has 0 fully saturated rings. The van der Waals surface area contributed by atoms with E-state index in [4.69, 9.17) is 10.5 Å². The summed E-state index contributed by atoms with van der Waals surface area (Å²) in [6.07, 6.45) is 2.78. The number of methoxy groups -OCH3 is 1. The van der Waals surface area contributed by atoms with Crippen LogP contribution < -0.4 is 15.8 Å². The molecule has 0 aliphatic carbocycles. The molecule has 0 radical (unpaired) electrons. The van der Waals surface area contributed by atoms with Crippen molar-refractivity contribution in [1.82, 2.24) is 24.7 Å². The summed E-state index contributed by atoms with van der Waals surface area (Å²) >= 11 is 0. The Morgan fingerprint density at radius 3 is 2.84 bits per heavy atom. The number of hydrogen-bond acceptors (Lipinski definition) is 7. The van der Waals surface area contributed by atoms with Crippen LogP contribution in [0.25, 0.3) is 5.95 Å². The normalized spacial score (nSPS) is 10.2. The van der Waals surface area contributed by atoms with Gasteiger partial charge in [-0.3, -0.25) is 4.79 Å². The van der Waals surface area contributed by atoms with Crippen molar-refractivity contribution >= 4 is 11.9 Å². The quantitative estimate of drug-likeness (QED) is 0.752. The van der Waals surface area contributed by atoms with Crippen molar-refractivity contribution in [3.05, 3.63) is 18.0 Å². The summed E-state index contributed by atoms with van der Waals surface area (Å²) in [4.78, 5) is 23.2. The Morgan fingerprint density at radius 1 is 1.47 bits per heavy atom. The summed E-state index contributed by atoms with van der Waals surface area (Å²) in [6, 6.07) is 0.150. The van der Waals surface area contributed by atoms with Crippen LogP contribution >= 0.6 is 0 Å². The molecule has 100 valence electrons. The standard InChI is InChI=1S/C10H13N7O2/c1-3-12-8-14-9(16-10(15-8)19-2)17-5-6(4-13-17)7(11)18/h4-5H,3H2,1-2H3,(H2,11,18)(H,12,14,15,16). The molecule has 9 nitrogen and oxygen atoms in total. The molecule has 2 aromatic rings. The van der Waals surface area contributed by atoms with E-state index in [1.54, 1.807) is 0 Å². The van der Waals surface area contributed by atoms with Crippen molar-refractivity contribution in [3.63, 3.8) is 0 Å². The number of anilines is 1. The van der Waals surface area contributed by atoms with E-state index in [-0.39, 0.29) is 17.5 Å². The molecule has 1 amide bonds. The third-order valence-electron chi connectivity index (χ3n) is 2.19. The number of primary amides is 1. The lowest BCUT2D eigenvalue weighted by atomic mass is 10.4. The van der Waals surface area contributed by atoms with E-state index in [1.165, 1.54) is 24.2 Å². The predicted octanol–water partition coefficient (Wildman–Crippen LogP) is -0.403. The molecule has 0 saturated carbocycles. The minimum atomic E-state index is -0.570. The van der Waals surface area contributed by atoms with Gasteiger partial charge in [0.1, 0.15) is 0 Å². The lowest BCUT2D eigenvalue weighted by molar-refractivity contribution is 0.100. The van der Waals surface area contributed by atoms with Gasteiger partial charge in [0.25, 0.3) is 11.9 Å². The zero-order valence-corrected chi connectivity index (χ0v) is 10.5. The molecule has 2 aromatic heterocycles. The number of carbonyl (C=O) groups is 1. The molecular weight excluding hydrogens is 250 g/mol. The van der Waals surface area contributed by atoms with E-state index in [0.29, 0.717) is 12.5 Å². The molecule has 0 aliphatic rings. The molecule has 3 N–H and O–H groups in total. The number of nitrogens with one attached hydrogen (secondary N) is 1. The first kappa shape index (κ1) is 12.7. The molecule has 0 atom stereocenters. The number of aromatic nitrogens is 5. The van der Waals surface area contributed by atoms with Crippen molar-refractivity contribution in [3.8, 4) is 12.0 Å². The fourth-order valence-electron chi connectivity index (χ4n) is 1.34. The van der Waals surface area contributed by atoms with Crippen molar-refractivity contribution in [2.75, 3.05) is 19.0 Å². The van der Waals surface area contributed by atoms with Gasteiger partial charge < -0.3 is 15.8 Å². The van der Waals surface area contributed by atoms with Crippen LogP contribution in [0.2, 0.25) is 0 Å². The van der Waals surface area contributed by atoms with Gasteiger partial charge in [0.05, 0.1) is 18.9 Å². The molecule has 19 heavy (non-hydrogen) atoms. The Balaban J connectivity index is 2.41. The summed E-state index contributed by atoms with van der Waals surface area (Å²) in [5.41, 5.74) is 5.42. The smallest absolute Gasteiger partial charge is 0.322 e. The zero-order chi connectivity index (χ0) is 13.8. The number of ether oxygens (including phenoxy) is 1. The summed E-state index contributed by atoms with van der Waals surface area (Å²) in [5.74, 6) is 0.0231. The second kappa shape index (κ2) is 5.29. The fraction of sp³-hybridized carbons (Fsp3) is 0.300. The Hall–Kier alpha value is -2.71. The number of hydrogen-bond donors (Lipinski definition) is 2. The van der Waals surface area contributed by atoms with Crippen molar-refractivity contribution in [2.24, 2.45) is 5.73 Å². The zero-order valence-electron chi connectivity index (χ0n) is 10.5. The molecule has 9 heteroatoms. The number of carbonyl (C=O) groups excluding carboxylic acids is 1. The maximum Gasteiger partial charge on any atom is 0.322 e.